The number of hydrogen-bond acceptors (Lipinski definition) is 4. The Balaban J connectivity index is 1.83. The van der Waals surface area contributed by atoms with Gasteiger partial charge in [0.2, 0.25) is 5.76 Å². The Morgan fingerprint density at radius 1 is 1.30 bits per heavy atom. The molecule has 1 aromatic heterocycles. The van der Waals surface area contributed by atoms with E-state index < -0.39 is 11.9 Å². The van der Waals surface area contributed by atoms with E-state index >= 15 is 0 Å². The highest BCUT2D eigenvalue weighted by Crippen LogP contribution is 2.40. The van der Waals surface area contributed by atoms with Crippen molar-refractivity contribution in [2.75, 3.05) is 6.54 Å². The summed E-state index contributed by atoms with van der Waals surface area (Å²) in [5, 5.41) is 9.09. The van der Waals surface area contributed by atoms with Crippen molar-refractivity contribution < 1.29 is 19.1 Å². The average Bonchev–Trinajstić information content (AvgIpc) is 3.29. The molecule has 23 heavy (non-hydrogen) atoms. The molecule has 1 N–H and O–H groups in total. The van der Waals surface area contributed by atoms with Crippen molar-refractivity contribution in [1.82, 2.24) is 9.88 Å². The molecular formula is C17H18N2O4. The third-order valence-electron chi connectivity index (χ3n) is 3.76. The first-order valence-corrected chi connectivity index (χ1v) is 7.57. The maximum atomic E-state index is 12.7. The van der Waals surface area contributed by atoms with Gasteiger partial charge in [-0.05, 0) is 25.3 Å². The number of rotatable bonds is 6. The molecule has 0 bridgehead atoms. The number of hydrogen-bond donors (Lipinski definition) is 1. The fourth-order valence-electron chi connectivity index (χ4n) is 2.43. The molecule has 1 aliphatic carbocycles. The van der Waals surface area contributed by atoms with Gasteiger partial charge in [-0.25, -0.2) is 4.98 Å². The summed E-state index contributed by atoms with van der Waals surface area (Å²) in [6, 6.07) is 9.28. The normalized spacial score (nSPS) is 13.8. The van der Waals surface area contributed by atoms with E-state index in [0.29, 0.717) is 17.5 Å². The first-order valence-electron chi connectivity index (χ1n) is 7.57. The van der Waals surface area contributed by atoms with Gasteiger partial charge in [-0.3, -0.25) is 9.59 Å². The summed E-state index contributed by atoms with van der Waals surface area (Å²) >= 11 is 0. The van der Waals surface area contributed by atoms with Crippen LogP contribution in [-0.2, 0) is 11.3 Å². The number of aryl methyl sites for hydroxylation is 1. The summed E-state index contributed by atoms with van der Waals surface area (Å²) in [6.45, 7) is 1.54. The summed E-state index contributed by atoms with van der Waals surface area (Å²) in [7, 11) is 0. The lowest BCUT2D eigenvalue weighted by Gasteiger charge is -2.19. The van der Waals surface area contributed by atoms with E-state index in [1.807, 2.05) is 30.3 Å². The molecule has 0 spiro atoms. The van der Waals surface area contributed by atoms with Gasteiger partial charge in [0.1, 0.15) is 6.54 Å². The quantitative estimate of drug-likeness (QED) is 0.886. The predicted molar refractivity (Wildman–Crippen MR) is 82.0 cm³/mol. The zero-order valence-corrected chi connectivity index (χ0v) is 12.9. The van der Waals surface area contributed by atoms with E-state index in [4.69, 9.17) is 9.52 Å². The summed E-state index contributed by atoms with van der Waals surface area (Å²) in [6.07, 6.45) is 2.05. The Morgan fingerprint density at radius 3 is 2.61 bits per heavy atom. The molecule has 1 saturated carbocycles. The maximum absolute atomic E-state index is 12.7. The topological polar surface area (TPSA) is 83.6 Å². The Labute approximate surface area is 133 Å². The molecule has 0 radical (unpaired) electrons. The number of carboxylic acids is 1. The van der Waals surface area contributed by atoms with Crippen LogP contribution in [-0.4, -0.2) is 33.4 Å². The molecule has 6 heteroatoms. The van der Waals surface area contributed by atoms with E-state index in [9.17, 15) is 9.59 Å². The second kappa shape index (κ2) is 6.24. The lowest BCUT2D eigenvalue weighted by Crippen LogP contribution is -2.35. The summed E-state index contributed by atoms with van der Waals surface area (Å²) < 4.78 is 5.61. The van der Waals surface area contributed by atoms with Gasteiger partial charge in [-0.2, -0.15) is 0 Å². The maximum Gasteiger partial charge on any atom is 0.323 e. The molecular weight excluding hydrogens is 296 g/mol. The fraction of sp³-hybridized carbons (Fsp3) is 0.353. The second-order valence-electron chi connectivity index (χ2n) is 5.78. The summed E-state index contributed by atoms with van der Waals surface area (Å²) in [5.41, 5.74) is 1.38. The van der Waals surface area contributed by atoms with E-state index in [0.717, 1.165) is 18.4 Å². The number of benzene rings is 1. The zero-order chi connectivity index (χ0) is 16.4. The molecule has 1 amide bonds. The van der Waals surface area contributed by atoms with Gasteiger partial charge >= 0.3 is 5.97 Å². The van der Waals surface area contributed by atoms with E-state index in [2.05, 4.69) is 4.98 Å². The van der Waals surface area contributed by atoms with Crippen molar-refractivity contribution in [1.29, 1.82) is 0 Å². The van der Waals surface area contributed by atoms with Crippen LogP contribution in [0, 0.1) is 6.92 Å². The molecule has 1 fully saturated rings. The van der Waals surface area contributed by atoms with Gasteiger partial charge in [0.15, 0.2) is 5.89 Å². The minimum atomic E-state index is -1.06. The van der Waals surface area contributed by atoms with Crippen LogP contribution in [0.5, 0.6) is 0 Å². The van der Waals surface area contributed by atoms with Crippen molar-refractivity contribution in [3.63, 3.8) is 0 Å². The third-order valence-corrected chi connectivity index (χ3v) is 3.76. The van der Waals surface area contributed by atoms with Gasteiger partial charge in [0, 0.05) is 12.5 Å². The molecule has 0 unspecified atom stereocenters. The minimum absolute atomic E-state index is 0.143. The van der Waals surface area contributed by atoms with Crippen molar-refractivity contribution in [2.45, 2.75) is 32.2 Å². The SMILES string of the molecule is Cc1nc(C2CC2)oc1C(=O)N(CC(=O)O)Cc1ccccc1. The van der Waals surface area contributed by atoms with Gasteiger partial charge in [0.05, 0.1) is 5.69 Å². The monoisotopic (exact) mass is 314 g/mol. The minimum Gasteiger partial charge on any atom is -0.480 e. The third kappa shape index (κ3) is 3.59. The Bertz CT molecular complexity index is 719. The molecule has 120 valence electrons. The van der Waals surface area contributed by atoms with Crippen LogP contribution in [0.25, 0.3) is 0 Å². The number of aliphatic carboxylic acids is 1. The van der Waals surface area contributed by atoms with Crippen molar-refractivity contribution >= 4 is 11.9 Å². The first-order chi connectivity index (χ1) is 11.0. The fourth-order valence-corrected chi connectivity index (χ4v) is 2.43. The molecule has 1 heterocycles. The standard InChI is InChI=1S/C17H18N2O4/c1-11-15(23-16(18-11)13-7-8-13)17(22)19(10-14(20)21)9-12-5-3-2-4-6-12/h2-6,13H,7-10H2,1H3,(H,20,21). The highest BCUT2D eigenvalue weighted by atomic mass is 16.4. The number of nitrogens with zero attached hydrogens (tertiary/aromatic N) is 2. The number of oxazole rings is 1. The molecule has 1 aliphatic rings. The van der Waals surface area contributed by atoms with Crippen LogP contribution in [0.2, 0.25) is 0 Å². The van der Waals surface area contributed by atoms with E-state index in [-0.39, 0.29) is 18.8 Å². The van der Waals surface area contributed by atoms with Gasteiger partial charge < -0.3 is 14.4 Å². The molecule has 0 aliphatic heterocycles. The predicted octanol–water partition coefficient (Wildman–Crippen LogP) is 2.59. The molecule has 6 nitrogen and oxygen atoms in total. The molecule has 0 saturated heterocycles. The largest absolute Gasteiger partial charge is 0.480 e. The smallest absolute Gasteiger partial charge is 0.323 e. The van der Waals surface area contributed by atoms with Crippen LogP contribution in [0.1, 0.15) is 46.5 Å². The summed E-state index contributed by atoms with van der Waals surface area (Å²) in [4.78, 5) is 29.4. The van der Waals surface area contributed by atoms with E-state index in [1.165, 1.54) is 4.90 Å². The molecule has 3 rings (SSSR count). The highest BCUT2D eigenvalue weighted by Gasteiger charge is 2.32. The molecule has 0 atom stereocenters. The van der Waals surface area contributed by atoms with Crippen LogP contribution in [0.3, 0.4) is 0 Å². The number of carbonyl (C=O) groups excluding carboxylic acids is 1. The number of amides is 1. The van der Waals surface area contributed by atoms with Crippen LogP contribution in [0.4, 0.5) is 0 Å². The van der Waals surface area contributed by atoms with Crippen LogP contribution in [0.15, 0.2) is 34.7 Å². The van der Waals surface area contributed by atoms with Crippen LogP contribution >= 0.6 is 0 Å². The van der Waals surface area contributed by atoms with Crippen LogP contribution < -0.4 is 0 Å². The van der Waals surface area contributed by atoms with Crippen molar-refractivity contribution in [3.8, 4) is 0 Å². The van der Waals surface area contributed by atoms with Gasteiger partial charge in [-0.15, -0.1) is 0 Å². The average molecular weight is 314 g/mol. The Hall–Kier alpha value is -2.63. The highest BCUT2D eigenvalue weighted by molar-refractivity contribution is 5.94. The number of carbonyl (C=O) groups is 2. The molecule has 1 aromatic carbocycles. The Morgan fingerprint density at radius 2 is 2.00 bits per heavy atom. The number of aromatic nitrogens is 1. The zero-order valence-electron chi connectivity index (χ0n) is 12.9. The second-order valence-corrected chi connectivity index (χ2v) is 5.78. The lowest BCUT2D eigenvalue weighted by atomic mass is 10.2. The first kappa shape index (κ1) is 15.3. The number of carboxylic acid groups (broad SMARTS) is 1. The lowest BCUT2D eigenvalue weighted by molar-refractivity contribution is -0.137. The van der Waals surface area contributed by atoms with Crippen molar-refractivity contribution in [2.24, 2.45) is 0 Å². The Kier molecular flexibility index (Phi) is 4.14. The van der Waals surface area contributed by atoms with E-state index in [1.54, 1.807) is 6.92 Å². The van der Waals surface area contributed by atoms with Gasteiger partial charge in [-0.1, -0.05) is 30.3 Å². The van der Waals surface area contributed by atoms with Gasteiger partial charge in [0.25, 0.3) is 5.91 Å². The van der Waals surface area contributed by atoms with Crippen molar-refractivity contribution in [3.05, 3.63) is 53.2 Å². The summed E-state index contributed by atoms with van der Waals surface area (Å²) in [5.74, 6) is -0.468. The molecule has 2 aromatic rings.